The van der Waals surface area contributed by atoms with Crippen LogP contribution in [0.25, 0.3) is 17.0 Å². The van der Waals surface area contributed by atoms with Gasteiger partial charge in [-0.3, -0.25) is 15.2 Å². The summed E-state index contributed by atoms with van der Waals surface area (Å²) in [5, 5.41) is 1.91. The third-order valence-electron chi connectivity index (χ3n) is 6.14. The number of aliphatic imine (C=N–C) groups is 2. The van der Waals surface area contributed by atoms with E-state index in [9.17, 15) is 9.18 Å². The van der Waals surface area contributed by atoms with Crippen LogP contribution < -0.4 is 5.43 Å². The second-order valence-corrected chi connectivity index (χ2v) is 8.18. The largest absolute Gasteiger partial charge is 0.310 e. The first-order valence-corrected chi connectivity index (χ1v) is 10.6. The molecule has 1 saturated carbocycles. The second kappa shape index (κ2) is 7.01. The van der Waals surface area contributed by atoms with Crippen molar-refractivity contribution in [1.29, 1.82) is 0 Å². The fourth-order valence-corrected chi connectivity index (χ4v) is 4.43. The third-order valence-corrected chi connectivity index (χ3v) is 6.14. The summed E-state index contributed by atoms with van der Waals surface area (Å²) in [5.41, 5.74) is 7.70. The lowest BCUT2D eigenvalue weighted by Crippen LogP contribution is -2.41. The Labute approximate surface area is 179 Å². The van der Waals surface area contributed by atoms with E-state index in [4.69, 9.17) is 0 Å². The molecule has 7 nitrogen and oxygen atoms in total. The summed E-state index contributed by atoms with van der Waals surface area (Å²) in [6.07, 6.45) is 4.98. The predicted molar refractivity (Wildman–Crippen MR) is 115 cm³/mol. The van der Waals surface area contributed by atoms with Crippen LogP contribution in [0, 0.1) is 11.9 Å². The first-order valence-electron chi connectivity index (χ1n) is 10.6. The van der Waals surface area contributed by atoms with E-state index < -0.39 is 5.95 Å². The molecule has 0 unspecified atom stereocenters. The van der Waals surface area contributed by atoms with Crippen LogP contribution in [0.1, 0.15) is 24.0 Å². The molecule has 1 aromatic carbocycles. The van der Waals surface area contributed by atoms with E-state index in [2.05, 4.69) is 20.4 Å². The number of hydrazine groups is 1. The predicted octanol–water partition coefficient (Wildman–Crippen LogP) is 2.61. The molecule has 4 aliphatic rings. The highest BCUT2D eigenvalue weighted by molar-refractivity contribution is 6.07. The Morgan fingerprint density at radius 2 is 1.90 bits per heavy atom. The van der Waals surface area contributed by atoms with Crippen molar-refractivity contribution in [3.05, 3.63) is 59.5 Å². The summed E-state index contributed by atoms with van der Waals surface area (Å²) in [5.74, 6) is 1.71. The zero-order valence-corrected chi connectivity index (χ0v) is 16.9. The van der Waals surface area contributed by atoms with Gasteiger partial charge in [-0.25, -0.2) is 15.0 Å². The number of amidine groups is 2. The SMILES string of the molecule is O=C1CN=C(N2CN=C(C3CC3)N2)C=C2c3cccc(-c4cccc(F)n4)c3CCN12. The Kier molecular flexibility index (Phi) is 4.12. The summed E-state index contributed by atoms with van der Waals surface area (Å²) in [6, 6.07) is 10.7. The molecule has 1 fully saturated rings. The molecule has 0 spiro atoms. The summed E-state index contributed by atoms with van der Waals surface area (Å²) >= 11 is 0. The van der Waals surface area contributed by atoms with Crippen LogP contribution in [0.15, 0.2) is 52.5 Å². The smallest absolute Gasteiger partial charge is 0.248 e. The van der Waals surface area contributed by atoms with Crippen molar-refractivity contribution in [2.75, 3.05) is 19.8 Å². The molecule has 6 rings (SSSR count). The van der Waals surface area contributed by atoms with Crippen LogP contribution >= 0.6 is 0 Å². The van der Waals surface area contributed by atoms with Gasteiger partial charge in [-0.1, -0.05) is 24.3 Å². The molecular formula is C23H21FN6O. The van der Waals surface area contributed by atoms with Crippen LogP contribution in [0.2, 0.25) is 0 Å². The highest BCUT2D eigenvalue weighted by Gasteiger charge is 2.34. The maximum atomic E-state index is 13.8. The maximum Gasteiger partial charge on any atom is 0.248 e. The van der Waals surface area contributed by atoms with Gasteiger partial charge in [0.2, 0.25) is 11.9 Å². The Morgan fingerprint density at radius 1 is 1.06 bits per heavy atom. The Balaban J connectivity index is 1.40. The van der Waals surface area contributed by atoms with Crippen LogP contribution in [-0.2, 0) is 11.2 Å². The van der Waals surface area contributed by atoms with E-state index in [1.165, 1.54) is 18.9 Å². The Hall–Kier alpha value is -3.55. The van der Waals surface area contributed by atoms with Gasteiger partial charge in [-0.2, -0.15) is 4.39 Å². The van der Waals surface area contributed by atoms with E-state index in [1.807, 2.05) is 35.4 Å². The molecule has 2 aromatic rings. The topological polar surface area (TPSA) is 73.2 Å². The fraction of sp³-hybridized carbons (Fsp3) is 0.304. The molecule has 8 heteroatoms. The van der Waals surface area contributed by atoms with Crippen molar-refractivity contribution in [2.24, 2.45) is 15.9 Å². The number of benzene rings is 1. The van der Waals surface area contributed by atoms with Gasteiger partial charge in [0.05, 0.1) is 11.4 Å². The number of amides is 1. The van der Waals surface area contributed by atoms with Gasteiger partial charge < -0.3 is 4.90 Å². The van der Waals surface area contributed by atoms with Gasteiger partial charge in [0.25, 0.3) is 0 Å². The Morgan fingerprint density at radius 3 is 2.74 bits per heavy atom. The van der Waals surface area contributed by atoms with Gasteiger partial charge in [0, 0.05) is 29.7 Å². The van der Waals surface area contributed by atoms with Crippen molar-refractivity contribution in [3.63, 3.8) is 0 Å². The number of fused-ring (bicyclic) bond motifs is 3. The van der Waals surface area contributed by atoms with E-state index in [0.29, 0.717) is 37.1 Å². The molecular weight excluding hydrogens is 395 g/mol. The summed E-state index contributed by atoms with van der Waals surface area (Å²) in [4.78, 5) is 27.9. The normalized spacial score (nSPS) is 20.3. The average molecular weight is 416 g/mol. The highest BCUT2D eigenvalue weighted by Crippen LogP contribution is 2.36. The van der Waals surface area contributed by atoms with Crippen molar-refractivity contribution in [2.45, 2.75) is 19.3 Å². The molecule has 4 heterocycles. The molecule has 0 bridgehead atoms. The van der Waals surface area contributed by atoms with Crippen LogP contribution in [-0.4, -0.2) is 52.2 Å². The van der Waals surface area contributed by atoms with Crippen LogP contribution in [0.3, 0.4) is 0 Å². The summed E-state index contributed by atoms with van der Waals surface area (Å²) in [7, 11) is 0. The summed E-state index contributed by atoms with van der Waals surface area (Å²) in [6.45, 7) is 1.15. The number of carbonyl (C=O) groups excluding carboxylic acids is 1. The minimum absolute atomic E-state index is 0.0243. The Bertz CT molecular complexity index is 1180. The quantitative estimate of drug-likeness (QED) is 0.764. The van der Waals surface area contributed by atoms with Crippen LogP contribution in [0.4, 0.5) is 4.39 Å². The van der Waals surface area contributed by atoms with E-state index in [0.717, 1.165) is 28.2 Å². The third kappa shape index (κ3) is 3.19. The molecule has 0 saturated heterocycles. The van der Waals surface area contributed by atoms with Crippen LogP contribution in [0.5, 0.6) is 0 Å². The summed E-state index contributed by atoms with van der Waals surface area (Å²) < 4.78 is 13.8. The molecule has 3 aliphatic heterocycles. The van der Waals surface area contributed by atoms with E-state index >= 15 is 0 Å². The van der Waals surface area contributed by atoms with Gasteiger partial charge in [-0.15, -0.1) is 0 Å². The molecule has 1 aliphatic carbocycles. The second-order valence-electron chi connectivity index (χ2n) is 8.18. The molecule has 31 heavy (non-hydrogen) atoms. The first kappa shape index (κ1) is 18.2. The zero-order valence-electron chi connectivity index (χ0n) is 16.9. The van der Waals surface area contributed by atoms with Crippen molar-refractivity contribution < 1.29 is 9.18 Å². The number of nitrogens with zero attached hydrogens (tertiary/aromatic N) is 5. The average Bonchev–Trinajstić information content (AvgIpc) is 3.55. The number of nitrogens with one attached hydrogen (secondary N) is 1. The first-order chi connectivity index (χ1) is 15.2. The van der Waals surface area contributed by atoms with E-state index in [-0.39, 0.29) is 12.5 Å². The van der Waals surface area contributed by atoms with Crippen molar-refractivity contribution >= 4 is 23.3 Å². The molecule has 0 atom stereocenters. The molecule has 156 valence electrons. The van der Waals surface area contributed by atoms with Gasteiger partial charge in [0.15, 0.2) is 0 Å². The maximum absolute atomic E-state index is 13.8. The van der Waals surface area contributed by atoms with Crippen molar-refractivity contribution in [3.8, 4) is 11.3 Å². The number of rotatable bonds is 2. The number of hydrogen-bond donors (Lipinski definition) is 1. The number of hydrogen-bond acceptors (Lipinski definition) is 6. The minimum atomic E-state index is -0.502. The molecule has 1 aromatic heterocycles. The zero-order chi connectivity index (χ0) is 20.9. The van der Waals surface area contributed by atoms with Gasteiger partial charge in [-0.05, 0) is 37.0 Å². The number of pyridine rings is 1. The standard InChI is InChI=1S/C23H21FN6O/c24-20-6-2-5-18(27-20)16-3-1-4-17-15(16)9-10-29-19(17)11-21(25-12-22(29)31)30-13-26-23(28-30)14-7-8-14/h1-6,11,14H,7-10,12-13H2,(H,26,28). The van der Waals surface area contributed by atoms with E-state index in [1.54, 1.807) is 11.0 Å². The molecule has 1 amide bonds. The lowest BCUT2D eigenvalue weighted by molar-refractivity contribution is -0.126. The van der Waals surface area contributed by atoms with Gasteiger partial charge in [0.1, 0.15) is 24.9 Å². The minimum Gasteiger partial charge on any atom is -0.310 e. The lowest BCUT2D eigenvalue weighted by atomic mass is 9.90. The molecule has 1 N–H and O–H groups in total. The number of halogens is 1. The number of aromatic nitrogens is 1. The number of carbonyl (C=O) groups is 1. The monoisotopic (exact) mass is 416 g/mol. The molecule has 0 radical (unpaired) electrons. The van der Waals surface area contributed by atoms with Gasteiger partial charge >= 0.3 is 0 Å². The van der Waals surface area contributed by atoms with Crippen molar-refractivity contribution in [1.82, 2.24) is 20.3 Å². The lowest BCUT2D eigenvalue weighted by Gasteiger charge is -2.32. The fourth-order valence-electron chi connectivity index (χ4n) is 4.43. The highest BCUT2D eigenvalue weighted by atomic mass is 19.1.